The summed E-state index contributed by atoms with van der Waals surface area (Å²) < 4.78 is 1.84. The Kier molecular flexibility index (Phi) is 4.77. The number of fused-ring (bicyclic) bond motifs is 1. The third-order valence-corrected chi connectivity index (χ3v) is 4.76. The summed E-state index contributed by atoms with van der Waals surface area (Å²) in [5.41, 5.74) is 2.88. The lowest BCUT2D eigenvalue weighted by molar-refractivity contribution is 0.877. The quantitative estimate of drug-likeness (QED) is 0.397. The summed E-state index contributed by atoms with van der Waals surface area (Å²) in [7, 11) is 0. The highest BCUT2D eigenvalue weighted by molar-refractivity contribution is 7.98. The molecule has 0 saturated heterocycles. The zero-order chi connectivity index (χ0) is 17.9. The van der Waals surface area contributed by atoms with Crippen molar-refractivity contribution in [2.75, 3.05) is 11.6 Å². The van der Waals surface area contributed by atoms with Gasteiger partial charge in [0.25, 0.3) is 0 Å². The predicted octanol–water partition coefficient (Wildman–Crippen LogP) is 4.80. The summed E-state index contributed by atoms with van der Waals surface area (Å²) in [6.45, 7) is 0.646. The van der Waals surface area contributed by atoms with E-state index in [1.807, 2.05) is 65.5 Å². The molecule has 2 aromatic heterocycles. The lowest BCUT2D eigenvalue weighted by atomic mass is 10.2. The first kappa shape index (κ1) is 16.9. The van der Waals surface area contributed by atoms with Crippen molar-refractivity contribution in [2.45, 2.75) is 11.7 Å². The van der Waals surface area contributed by atoms with E-state index in [2.05, 4.69) is 20.4 Å². The number of para-hydroxylation sites is 1. The van der Waals surface area contributed by atoms with E-state index >= 15 is 0 Å². The molecule has 130 valence electrons. The van der Waals surface area contributed by atoms with Crippen molar-refractivity contribution < 1.29 is 0 Å². The smallest absolute Gasteiger partial charge is 0.191 e. The van der Waals surface area contributed by atoms with Gasteiger partial charge >= 0.3 is 0 Å². The molecule has 26 heavy (non-hydrogen) atoms. The average molecular weight is 382 g/mol. The monoisotopic (exact) mass is 381 g/mol. The average Bonchev–Trinajstić information content (AvgIpc) is 3.12. The Hall–Kier alpha value is -2.57. The van der Waals surface area contributed by atoms with Crippen LogP contribution in [0.3, 0.4) is 0 Å². The van der Waals surface area contributed by atoms with Crippen molar-refractivity contribution in [3.05, 3.63) is 71.4 Å². The summed E-state index contributed by atoms with van der Waals surface area (Å²) in [4.78, 5) is 9.27. The van der Waals surface area contributed by atoms with Gasteiger partial charge in [-0.25, -0.2) is 14.6 Å². The summed E-state index contributed by atoms with van der Waals surface area (Å²) in [5, 5.41) is 10.2. The minimum absolute atomic E-state index is 0.646. The molecule has 0 unspecified atom stereocenters. The van der Waals surface area contributed by atoms with Gasteiger partial charge in [0.2, 0.25) is 0 Å². The maximum Gasteiger partial charge on any atom is 0.191 e. The molecule has 0 spiro atoms. The molecule has 0 bridgehead atoms. The number of nitrogens with one attached hydrogen (secondary N) is 1. The number of hydrogen-bond acceptors (Lipinski definition) is 5. The van der Waals surface area contributed by atoms with E-state index < -0.39 is 0 Å². The summed E-state index contributed by atoms with van der Waals surface area (Å²) in [6.07, 6.45) is 3.77. The summed E-state index contributed by atoms with van der Waals surface area (Å²) in [5.74, 6) is 0.775. The van der Waals surface area contributed by atoms with Crippen LogP contribution < -0.4 is 5.32 Å². The maximum absolute atomic E-state index is 5.95. The lowest BCUT2D eigenvalue weighted by Gasteiger charge is -2.09. The fraction of sp³-hybridized carbons (Fsp3) is 0.105. The van der Waals surface area contributed by atoms with Crippen LogP contribution in [0.15, 0.2) is 66.0 Å². The van der Waals surface area contributed by atoms with Crippen LogP contribution >= 0.6 is 23.4 Å². The molecule has 1 N–H and O–H groups in total. The topological polar surface area (TPSA) is 55.6 Å². The number of nitrogens with zero attached hydrogens (tertiary/aromatic N) is 4. The van der Waals surface area contributed by atoms with Gasteiger partial charge in [-0.1, -0.05) is 53.7 Å². The van der Waals surface area contributed by atoms with E-state index in [9.17, 15) is 0 Å². The molecule has 2 aromatic carbocycles. The van der Waals surface area contributed by atoms with E-state index in [4.69, 9.17) is 11.6 Å². The van der Waals surface area contributed by atoms with Crippen molar-refractivity contribution in [1.29, 1.82) is 0 Å². The summed E-state index contributed by atoms with van der Waals surface area (Å²) in [6, 6.07) is 17.7. The predicted molar refractivity (Wildman–Crippen MR) is 107 cm³/mol. The van der Waals surface area contributed by atoms with Gasteiger partial charge in [-0.15, -0.1) is 0 Å². The second-order valence-corrected chi connectivity index (χ2v) is 6.88. The molecule has 0 aliphatic rings. The number of anilines is 1. The third kappa shape index (κ3) is 3.38. The molecule has 0 amide bonds. The molecule has 4 aromatic rings. The lowest BCUT2D eigenvalue weighted by Crippen LogP contribution is -2.04. The normalized spacial score (nSPS) is 11.0. The van der Waals surface area contributed by atoms with Gasteiger partial charge in [0.15, 0.2) is 10.8 Å². The Morgan fingerprint density at radius 3 is 2.54 bits per heavy atom. The molecule has 0 fully saturated rings. The van der Waals surface area contributed by atoms with Crippen LogP contribution in [0.1, 0.15) is 5.56 Å². The van der Waals surface area contributed by atoms with Crippen molar-refractivity contribution >= 4 is 40.2 Å². The van der Waals surface area contributed by atoms with Crippen LogP contribution in [-0.2, 0) is 6.54 Å². The Labute approximate surface area is 160 Å². The SMILES string of the molecule is CSc1nc(NCc2ccc(Cl)cc2)c2cnn(-c3ccccc3)c2n1. The second-order valence-electron chi connectivity index (χ2n) is 5.67. The fourth-order valence-corrected chi connectivity index (χ4v) is 3.15. The number of benzene rings is 2. The van der Waals surface area contributed by atoms with Gasteiger partial charge in [-0.3, -0.25) is 0 Å². The first-order valence-electron chi connectivity index (χ1n) is 8.08. The molecule has 0 atom stereocenters. The Morgan fingerprint density at radius 2 is 1.81 bits per heavy atom. The molecular weight excluding hydrogens is 366 g/mol. The number of thioether (sulfide) groups is 1. The van der Waals surface area contributed by atoms with Crippen LogP contribution in [0.2, 0.25) is 5.02 Å². The van der Waals surface area contributed by atoms with Crippen LogP contribution in [0.5, 0.6) is 0 Å². The number of aromatic nitrogens is 4. The molecular formula is C19H16ClN5S. The van der Waals surface area contributed by atoms with E-state index in [1.165, 1.54) is 11.8 Å². The minimum Gasteiger partial charge on any atom is -0.365 e. The number of halogens is 1. The number of hydrogen-bond donors (Lipinski definition) is 1. The Bertz CT molecular complexity index is 1030. The van der Waals surface area contributed by atoms with Crippen molar-refractivity contribution in [3.63, 3.8) is 0 Å². The zero-order valence-electron chi connectivity index (χ0n) is 14.1. The number of rotatable bonds is 5. The zero-order valence-corrected chi connectivity index (χ0v) is 15.6. The highest BCUT2D eigenvalue weighted by Gasteiger charge is 2.13. The standard InChI is InChI=1S/C19H16ClN5S/c1-26-19-23-17(21-11-13-7-9-14(20)10-8-13)16-12-22-25(18(16)24-19)15-5-3-2-4-6-15/h2-10,12H,11H2,1H3,(H,21,23,24). The van der Waals surface area contributed by atoms with Gasteiger partial charge in [-0.05, 0) is 36.1 Å². The summed E-state index contributed by atoms with van der Waals surface area (Å²) >= 11 is 7.46. The van der Waals surface area contributed by atoms with E-state index in [0.717, 1.165) is 33.1 Å². The molecule has 0 saturated carbocycles. The molecule has 0 aliphatic heterocycles. The van der Waals surface area contributed by atoms with Crippen molar-refractivity contribution in [3.8, 4) is 5.69 Å². The third-order valence-electron chi connectivity index (χ3n) is 3.96. The van der Waals surface area contributed by atoms with Crippen LogP contribution in [0, 0.1) is 0 Å². The van der Waals surface area contributed by atoms with Gasteiger partial charge in [0.1, 0.15) is 5.82 Å². The maximum atomic E-state index is 5.95. The van der Waals surface area contributed by atoms with E-state index in [1.54, 1.807) is 6.20 Å². The van der Waals surface area contributed by atoms with Crippen LogP contribution in [0.25, 0.3) is 16.7 Å². The fourth-order valence-electron chi connectivity index (χ4n) is 2.66. The molecule has 5 nitrogen and oxygen atoms in total. The highest BCUT2D eigenvalue weighted by Crippen LogP contribution is 2.25. The Morgan fingerprint density at radius 1 is 1.04 bits per heavy atom. The molecule has 0 aliphatic carbocycles. The van der Waals surface area contributed by atoms with Crippen LogP contribution in [-0.4, -0.2) is 26.0 Å². The molecule has 2 heterocycles. The molecule has 0 radical (unpaired) electrons. The largest absolute Gasteiger partial charge is 0.365 e. The van der Waals surface area contributed by atoms with Crippen molar-refractivity contribution in [2.24, 2.45) is 0 Å². The van der Waals surface area contributed by atoms with Gasteiger partial charge in [0, 0.05) is 11.6 Å². The van der Waals surface area contributed by atoms with Crippen LogP contribution in [0.4, 0.5) is 5.82 Å². The first-order chi connectivity index (χ1) is 12.7. The molecule has 7 heteroatoms. The second kappa shape index (κ2) is 7.35. The van der Waals surface area contributed by atoms with E-state index in [-0.39, 0.29) is 0 Å². The van der Waals surface area contributed by atoms with Gasteiger partial charge in [-0.2, -0.15) is 5.10 Å². The molecule has 4 rings (SSSR count). The van der Waals surface area contributed by atoms with E-state index in [0.29, 0.717) is 11.7 Å². The Balaban J connectivity index is 1.72. The first-order valence-corrected chi connectivity index (χ1v) is 9.68. The highest BCUT2D eigenvalue weighted by atomic mass is 35.5. The minimum atomic E-state index is 0.646. The van der Waals surface area contributed by atoms with Gasteiger partial charge in [0.05, 0.1) is 17.3 Å². The van der Waals surface area contributed by atoms with Gasteiger partial charge < -0.3 is 5.32 Å². The van der Waals surface area contributed by atoms with Crippen molar-refractivity contribution in [1.82, 2.24) is 19.7 Å².